The number of benzene rings is 2. The summed E-state index contributed by atoms with van der Waals surface area (Å²) in [7, 11) is 0. The van der Waals surface area contributed by atoms with Crippen molar-refractivity contribution in [3.05, 3.63) is 53.6 Å². The second kappa shape index (κ2) is 7.54. The lowest BCUT2D eigenvalue weighted by Gasteiger charge is -2.12. The van der Waals surface area contributed by atoms with Gasteiger partial charge in [-0.25, -0.2) is 0 Å². The molecule has 0 aliphatic rings. The van der Waals surface area contributed by atoms with Gasteiger partial charge in [0.05, 0.1) is 5.56 Å². The Balaban J connectivity index is 0.00000200. The topological polar surface area (TPSA) is 59.0 Å². The number of hydrogen-bond acceptors (Lipinski definition) is 3. The largest absolute Gasteiger partial charge is 0.490 e. The van der Waals surface area contributed by atoms with Gasteiger partial charge < -0.3 is 10.5 Å². The Morgan fingerprint density at radius 3 is 2.45 bits per heavy atom. The molecule has 0 amide bonds. The molecule has 0 aliphatic heterocycles. The van der Waals surface area contributed by atoms with Crippen LogP contribution in [0.25, 0.3) is 11.1 Å². The molecule has 0 heterocycles. The standard InChI is InChI=1S/C16H16N2O.ClH/c1-12-5-7-13(8-6-12)15-4-2-3-14(11-18)16(15)19-10-9-17;/h2-8H,9-10,17H2,1H3;1H. The molecule has 0 radical (unpaired) electrons. The molecule has 2 N–H and O–H groups in total. The number of rotatable bonds is 4. The summed E-state index contributed by atoms with van der Waals surface area (Å²) in [5.74, 6) is 0.610. The lowest BCUT2D eigenvalue weighted by atomic mass is 10.0. The molecule has 0 saturated heterocycles. The summed E-state index contributed by atoms with van der Waals surface area (Å²) in [6.45, 7) is 2.87. The molecule has 104 valence electrons. The summed E-state index contributed by atoms with van der Waals surface area (Å²) in [6, 6.07) is 15.9. The second-order valence-electron chi connectivity index (χ2n) is 4.30. The molecular weight excluding hydrogens is 272 g/mol. The molecule has 2 aromatic rings. The Morgan fingerprint density at radius 2 is 1.85 bits per heavy atom. The average Bonchev–Trinajstić information content (AvgIpc) is 2.45. The summed E-state index contributed by atoms with van der Waals surface area (Å²) < 4.78 is 5.65. The zero-order chi connectivity index (χ0) is 13.7. The van der Waals surface area contributed by atoms with Gasteiger partial charge in [0.1, 0.15) is 18.4 Å². The second-order valence-corrected chi connectivity index (χ2v) is 4.30. The Hall–Kier alpha value is -2.02. The van der Waals surface area contributed by atoms with Gasteiger partial charge in [-0.3, -0.25) is 0 Å². The maximum absolute atomic E-state index is 9.17. The number of nitrogens with two attached hydrogens (primary N) is 1. The maximum atomic E-state index is 9.17. The highest BCUT2D eigenvalue weighted by molar-refractivity contribution is 5.85. The highest BCUT2D eigenvalue weighted by Gasteiger charge is 2.11. The molecular formula is C16H17ClN2O. The molecule has 0 aliphatic carbocycles. The Bertz CT molecular complexity index is 603. The number of ether oxygens (including phenoxy) is 1. The van der Waals surface area contributed by atoms with Crippen LogP contribution in [0.1, 0.15) is 11.1 Å². The van der Waals surface area contributed by atoms with Crippen LogP contribution in [0.5, 0.6) is 5.75 Å². The summed E-state index contributed by atoms with van der Waals surface area (Å²) in [5.41, 5.74) is 9.16. The van der Waals surface area contributed by atoms with E-state index in [2.05, 4.69) is 6.07 Å². The SMILES string of the molecule is Cc1ccc(-c2cccc(C#N)c2OCCN)cc1.Cl. The number of nitrogens with zero attached hydrogens (tertiary/aromatic N) is 1. The maximum Gasteiger partial charge on any atom is 0.144 e. The van der Waals surface area contributed by atoms with Crippen LogP contribution in [-0.4, -0.2) is 13.2 Å². The van der Waals surface area contributed by atoms with Crippen LogP contribution < -0.4 is 10.5 Å². The van der Waals surface area contributed by atoms with Crippen molar-refractivity contribution in [1.82, 2.24) is 0 Å². The van der Waals surface area contributed by atoms with Crippen molar-refractivity contribution in [2.75, 3.05) is 13.2 Å². The smallest absolute Gasteiger partial charge is 0.144 e. The first-order valence-corrected chi connectivity index (χ1v) is 6.19. The van der Waals surface area contributed by atoms with E-state index in [1.807, 2.05) is 43.3 Å². The van der Waals surface area contributed by atoms with Crippen LogP contribution in [0.4, 0.5) is 0 Å². The number of para-hydroxylation sites is 1. The Labute approximate surface area is 125 Å². The van der Waals surface area contributed by atoms with E-state index in [1.165, 1.54) is 5.56 Å². The molecule has 2 aromatic carbocycles. The third-order valence-electron chi connectivity index (χ3n) is 2.86. The van der Waals surface area contributed by atoms with E-state index >= 15 is 0 Å². The highest BCUT2D eigenvalue weighted by Crippen LogP contribution is 2.33. The molecule has 0 fully saturated rings. The molecule has 0 bridgehead atoms. The summed E-state index contributed by atoms with van der Waals surface area (Å²) in [6.07, 6.45) is 0. The molecule has 0 saturated carbocycles. The van der Waals surface area contributed by atoms with Gasteiger partial charge in [0.15, 0.2) is 0 Å². The third-order valence-corrected chi connectivity index (χ3v) is 2.86. The lowest BCUT2D eigenvalue weighted by Crippen LogP contribution is -2.11. The number of hydrogen-bond donors (Lipinski definition) is 1. The predicted octanol–water partition coefficient (Wildman–Crippen LogP) is 3.29. The normalized spacial score (nSPS) is 9.45. The van der Waals surface area contributed by atoms with Crippen LogP contribution >= 0.6 is 12.4 Å². The molecule has 0 aromatic heterocycles. The van der Waals surface area contributed by atoms with Crippen LogP contribution in [-0.2, 0) is 0 Å². The van der Waals surface area contributed by atoms with E-state index in [1.54, 1.807) is 6.07 Å². The van der Waals surface area contributed by atoms with E-state index in [0.29, 0.717) is 24.5 Å². The number of halogens is 1. The quantitative estimate of drug-likeness (QED) is 0.939. The van der Waals surface area contributed by atoms with Gasteiger partial charge >= 0.3 is 0 Å². The minimum Gasteiger partial charge on any atom is -0.490 e. The van der Waals surface area contributed by atoms with E-state index < -0.39 is 0 Å². The fraction of sp³-hybridized carbons (Fsp3) is 0.188. The molecule has 0 spiro atoms. The van der Waals surface area contributed by atoms with Gasteiger partial charge in [-0.2, -0.15) is 5.26 Å². The lowest BCUT2D eigenvalue weighted by molar-refractivity contribution is 0.328. The first-order valence-electron chi connectivity index (χ1n) is 6.19. The van der Waals surface area contributed by atoms with E-state index in [4.69, 9.17) is 10.5 Å². The molecule has 0 unspecified atom stereocenters. The first kappa shape index (κ1) is 16.0. The van der Waals surface area contributed by atoms with Crippen molar-refractivity contribution in [2.24, 2.45) is 5.73 Å². The molecule has 2 rings (SSSR count). The van der Waals surface area contributed by atoms with Gasteiger partial charge in [0, 0.05) is 12.1 Å². The van der Waals surface area contributed by atoms with Crippen molar-refractivity contribution in [1.29, 1.82) is 5.26 Å². The fourth-order valence-corrected chi connectivity index (χ4v) is 1.90. The highest BCUT2D eigenvalue weighted by atomic mass is 35.5. The van der Waals surface area contributed by atoms with E-state index in [-0.39, 0.29) is 12.4 Å². The van der Waals surface area contributed by atoms with Crippen LogP contribution in [0.2, 0.25) is 0 Å². The average molecular weight is 289 g/mol. The van der Waals surface area contributed by atoms with E-state index in [9.17, 15) is 5.26 Å². The van der Waals surface area contributed by atoms with Crippen LogP contribution in [0, 0.1) is 18.3 Å². The predicted molar refractivity (Wildman–Crippen MR) is 83.1 cm³/mol. The third kappa shape index (κ3) is 3.51. The zero-order valence-corrected chi connectivity index (χ0v) is 12.1. The van der Waals surface area contributed by atoms with Gasteiger partial charge in [-0.1, -0.05) is 42.0 Å². The minimum atomic E-state index is 0. The van der Waals surface area contributed by atoms with E-state index in [0.717, 1.165) is 11.1 Å². The molecule has 20 heavy (non-hydrogen) atoms. The number of aryl methyl sites for hydroxylation is 1. The molecule has 3 nitrogen and oxygen atoms in total. The van der Waals surface area contributed by atoms with Crippen molar-refractivity contribution in [3.8, 4) is 22.9 Å². The van der Waals surface area contributed by atoms with Gasteiger partial charge in [0.2, 0.25) is 0 Å². The van der Waals surface area contributed by atoms with Crippen molar-refractivity contribution < 1.29 is 4.74 Å². The van der Waals surface area contributed by atoms with Crippen molar-refractivity contribution >= 4 is 12.4 Å². The summed E-state index contributed by atoms with van der Waals surface area (Å²) in [4.78, 5) is 0. The summed E-state index contributed by atoms with van der Waals surface area (Å²) >= 11 is 0. The van der Waals surface area contributed by atoms with Gasteiger partial charge in [-0.05, 0) is 18.6 Å². The van der Waals surface area contributed by atoms with Crippen LogP contribution in [0.15, 0.2) is 42.5 Å². The minimum absolute atomic E-state index is 0. The first-order chi connectivity index (χ1) is 9.26. The summed E-state index contributed by atoms with van der Waals surface area (Å²) in [5, 5.41) is 9.17. The Kier molecular flexibility index (Phi) is 6.05. The van der Waals surface area contributed by atoms with Crippen molar-refractivity contribution in [2.45, 2.75) is 6.92 Å². The number of nitriles is 1. The van der Waals surface area contributed by atoms with Crippen molar-refractivity contribution in [3.63, 3.8) is 0 Å². The fourth-order valence-electron chi connectivity index (χ4n) is 1.90. The van der Waals surface area contributed by atoms with Gasteiger partial charge in [-0.15, -0.1) is 12.4 Å². The Morgan fingerprint density at radius 1 is 1.15 bits per heavy atom. The zero-order valence-electron chi connectivity index (χ0n) is 11.3. The van der Waals surface area contributed by atoms with Gasteiger partial charge in [0.25, 0.3) is 0 Å². The molecule has 4 heteroatoms. The molecule has 0 atom stereocenters. The monoisotopic (exact) mass is 288 g/mol. The van der Waals surface area contributed by atoms with Crippen LogP contribution in [0.3, 0.4) is 0 Å².